The summed E-state index contributed by atoms with van der Waals surface area (Å²) in [6.07, 6.45) is 1.74. The molecule has 74 valence electrons. The summed E-state index contributed by atoms with van der Waals surface area (Å²) in [6.45, 7) is 4.37. The molecular weight excluding hydrogens is 218 g/mol. The summed E-state index contributed by atoms with van der Waals surface area (Å²) in [4.78, 5) is 0. The van der Waals surface area contributed by atoms with Crippen LogP contribution in [0.25, 0.3) is 0 Å². The second-order valence-electron chi connectivity index (χ2n) is 4.72. The average molecular weight is 238 g/mol. The average Bonchev–Trinajstić information content (AvgIpc) is 2.10. The Morgan fingerprint density at radius 2 is 1.92 bits per heavy atom. The Balaban J connectivity index is 0.00000121. The van der Waals surface area contributed by atoms with Gasteiger partial charge >= 0.3 is 0 Å². The van der Waals surface area contributed by atoms with Gasteiger partial charge in [-0.1, -0.05) is 0 Å². The van der Waals surface area contributed by atoms with E-state index in [2.05, 4.69) is 28.1 Å². The third-order valence-corrected chi connectivity index (χ3v) is 2.09. The van der Waals surface area contributed by atoms with E-state index in [4.69, 9.17) is 4.74 Å². The lowest BCUT2D eigenvalue weighted by atomic mass is 10.1. The van der Waals surface area contributed by atoms with Gasteiger partial charge < -0.3 is 26.2 Å². The zero-order chi connectivity index (χ0) is 8.48. The van der Waals surface area contributed by atoms with Crippen LogP contribution < -0.4 is 17.0 Å². The molecule has 1 saturated heterocycles. The van der Waals surface area contributed by atoms with Crippen molar-refractivity contribution in [2.75, 3.05) is 34.3 Å². The van der Waals surface area contributed by atoms with Crippen molar-refractivity contribution in [1.29, 1.82) is 0 Å². The molecule has 0 saturated carbocycles. The lowest BCUT2D eigenvalue weighted by molar-refractivity contribution is -0.873. The number of nitrogens with zero attached hydrogens (tertiary/aromatic N) is 1. The molecule has 1 aliphatic rings. The van der Waals surface area contributed by atoms with Crippen molar-refractivity contribution in [3.8, 4) is 0 Å². The normalized spacial score (nSPS) is 30.0. The lowest BCUT2D eigenvalue weighted by Crippen LogP contribution is -3.00. The fraction of sp³-hybridized carbons (Fsp3) is 1.00. The van der Waals surface area contributed by atoms with Crippen molar-refractivity contribution < 1.29 is 26.2 Å². The SMILES string of the molecule is CC1CC(C[N+](C)(C)C)CO1.[Br-]. The molecule has 3 heteroatoms. The Labute approximate surface area is 86.2 Å². The van der Waals surface area contributed by atoms with Gasteiger partial charge in [0.05, 0.1) is 40.4 Å². The van der Waals surface area contributed by atoms with Crippen LogP contribution in [-0.4, -0.2) is 44.9 Å². The first-order valence-corrected chi connectivity index (χ1v) is 4.39. The van der Waals surface area contributed by atoms with Gasteiger partial charge in [0.25, 0.3) is 0 Å². The lowest BCUT2D eigenvalue weighted by Gasteiger charge is -2.26. The first kappa shape index (κ1) is 12.4. The molecule has 2 atom stereocenters. The van der Waals surface area contributed by atoms with Gasteiger partial charge in [-0.25, -0.2) is 0 Å². The van der Waals surface area contributed by atoms with Crippen LogP contribution in [0.15, 0.2) is 0 Å². The summed E-state index contributed by atoms with van der Waals surface area (Å²) >= 11 is 0. The molecule has 0 aromatic heterocycles. The maximum Gasteiger partial charge on any atom is 0.0832 e. The zero-order valence-corrected chi connectivity index (χ0v) is 10.1. The molecule has 1 fully saturated rings. The fourth-order valence-electron chi connectivity index (χ4n) is 1.81. The Kier molecular flexibility index (Phi) is 4.74. The second-order valence-corrected chi connectivity index (χ2v) is 4.72. The van der Waals surface area contributed by atoms with E-state index in [-0.39, 0.29) is 17.0 Å². The molecule has 0 radical (unpaired) electrons. The number of rotatable bonds is 2. The molecule has 1 aliphatic heterocycles. The van der Waals surface area contributed by atoms with E-state index >= 15 is 0 Å². The highest BCUT2D eigenvalue weighted by Crippen LogP contribution is 2.20. The minimum atomic E-state index is 0. The Morgan fingerprint density at radius 1 is 1.33 bits per heavy atom. The van der Waals surface area contributed by atoms with E-state index in [9.17, 15) is 0 Å². The van der Waals surface area contributed by atoms with Crippen molar-refractivity contribution in [3.63, 3.8) is 0 Å². The van der Waals surface area contributed by atoms with Gasteiger partial charge in [-0.15, -0.1) is 0 Å². The number of hydrogen-bond acceptors (Lipinski definition) is 1. The van der Waals surface area contributed by atoms with E-state index in [1.165, 1.54) is 13.0 Å². The van der Waals surface area contributed by atoms with E-state index in [1.54, 1.807) is 0 Å². The van der Waals surface area contributed by atoms with Crippen LogP contribution in [0, 0.1) is 5.92 Å². The highest BCUT2D eigenvalue weighted by Gasteiger charge is 2.26. The van der Waals surface area contributed by atoms with Gasteiger partial charge in [0.1, 0.15) is 0 Å². The summed E-state index contributed by atoms with van der Waals surface area (Å²) < 4.78 is 6.56. The van der Waals surface area contributed by atoms with Crippen LogP contribution in [0.4, 0.5) is 0 Å². The number of hydrogen-bond donors (Lipinski definition) is 0. The molecule has 1 heterocycles. The number of halogens is 1. The molecule has 2 unspecified atom stereocenters. The predicted molar refractivity (Wildman–Crippen MR) is 46.4 cm³/mol. The molecule has 12 heavy (non-hydrogen) atoms. The van der Waals surface area contributed by atoms with Gasteiger partial charge in [-0.3, -0.25) is 0 Å². The Morgan fingerprint density at radius 3 is 2.25 bits per heavy atom. The predicted octanol–water partition coefficient (Wildman–Crippen LogP) is -1.88. The van der Waals surface area contributed by atoms with Crippen LogP contribution in [0.5, 0.6) is 0 Å². The van der Waals surface area contributed by atoms with Crippen LogP contribution in [0.1, 0.15) is 13.3 Å². The summed E-state index contributed by atoms with van der Waals surface area (Å²) in [5, 5.41) is 0. The summed E-state index contributed by atoms with van der Waals surface area (Å²) in [5.41, 5.74) is 0. The summed E-state index contributed by atoms with van der Waals surface area (Å²) in [5.74, 6) is 0.782. The first-order chi connectivity index (χ1) is 4.97. The van der Waals surface area contributed by atoms with Gasteiger partial charge in [0.2, 0.25) is 0 Å². The highest BCUT2D eigenvalue weighted by atomic mass is 79.9. The maximum absolute atomic E-state index is 5.50. The van der Waals surface area contributed by atoms with E-state index in [1.807, 2.05) is 0 Å². The van der Waals surface area contributed by atoms with Crippen LogP contribution >= 0.6 is 0 Å². The van der Waals surface area contributed by atoms with E-state index < -0.39 is 0 Å². The quantitative estimate of drug-likeness (QED) is 0.512. The maximum atomic E-state index is 5.50. The van der Waals surface area contributed by atoms with Gasteiger partial charge in [0.15, 0.2) is 0 Å². The third-order valence-electron chi connectivity index (χ3n) is 2.09. The molecule has 0 spiro atoms. The summed E-state index contributed by atoms with van der Waals surface area (Å²) in [7, 11) is 6.72. The largest absolute Gasteiger partial charge is 1.00 e. The third kappa shape index (κ3) is 4.43. The topological polar surface area (TPSA) is 9.23 Å². The molecule has 0 aromatic rings. The van der Waals surface area contributed by atoms with E-state index in [0.717, 1.165) is 17.0 Å². The van der Waals surface area contributed by atoms with Crippen molar-refractivity contribution in [2.45, 2.75) is 19.4 Å². The van der Waals surface area contributed by atoms with E-state index in [0.29, 0.717) is 6.10 Å². The Bertz CT molecular complexity index is 133. The van der Waals surface area contributed by atoms with Crippen molar-refractivity contribution >= 4 is 0 Å². The fourth-order valence-corrected chi connectivity index (χ4v) is 1.81. The second kappa shape index (κ2) is 4.58. The minimum Gasteiger partial charge on any atom is -1.00 e. The van der Waals surface area contributed by atoms with Crippen LogP contribution in [0.2, 0.25) is 0 Å². The van der Waals surface area contributed by atoms with Crippen molar-refractivity contribution in [3.05, 3.63) is 0 Å². The highest BCUT2D eigenvalue weighted by molar-refractivity contribution is 4.69. The molecule has 0 aliphatic carbocycles. The number of ether oxygens (including phenoxy) is 1. The molecule has 2 nitrogen and oxygen atoms in total. The molecular formula is C9H20BrNO. The molecule has 0 aromatic carbocycles. The molecule has 0 bridgehead atoms. The van der Waals surface area contributed by atoms with Crippen molar-refractivity contribution in [1.82, 2.24) is 0 Å². The van der Waals surface area contributed by atoms with Gasteiger partial charge in [-0.05, 0) is 13.3 Å². The minimum absolute atomic E-state index is 0. The monoisotopic (exact) mass is 237 g/mol. The molecule has 0 N–H and O–H groups in total. The standard InChI is InChI=1S/C9H20NO.BrH/c1-8-5-9(7-11-8)6-10(2,3)4;/h8-9H,5-7H2,1-4H3;1H/q+1;/p-1. The smallest absolute Gasteiger partial charge is 0.0832 e. The van der Waals surface area contributed by atoms with Gasteiger partial charge in [0, 0.05) is 5.92 Å². The summed E-state index contributed by atoms with van der Waals surface area (Å²) in [6, 6.07) is 0. The number of quaternary nitrogens is 1. The molecule has 0 amide bonds. The Hall–Kier alpha value is 0.400. The first-order valence-electron chi connectivity index (χ1n) is 4.39. The van der Waals surface area contributed by atoms with Crippen LogP contribution in [0.3, 0.4) is 0 Å². The van der Waals surface area contributed by atoms with Crippen molar-refractivity contribution in [2.24, 2.45) is 5.92 Å². The molecule has 1 rings (SSSR count). The zero-order valence-electron chi connectivity index (χ0n) is 8.51. The van der Waals surface area contributed by atoms with Gasteiger partial charge in [-0.2, -0.15) is 0 Å². The van der Waals surface area contributed by atoms with Crippen LogP contribution in [-0.2, 0) is 4.74 Å².